The van der Waals surface area contributed by atoms with Crippen molar-refractivity contribution >= 4 is 11.6 Å². The topological polar surface area (TPSA) is 98.7 Å². The lowest BCUT2D eigenvalue weighted by molar-refractivity contribution is -0.124. The van der Waals surface area contributed by atoms with Gasteiger partial charge in [0, 0.05) is 6.54 Å². The number of amides is 1. The maximum atomic E-state index is 12.2. The van der Waals surface area contributed by atoms with Crippen molar-refractivity contribution in [3.8, 4) is 5.82 Å². The van der Waals surface area contributed by atoms with Crippen LogP contribution >= 0.6 is 0 Å². The van der Waals surface area contributed by atoms with E-state index in [1.54, 1.807) is 29.3 Å². The third-order valence-corrected chi connectivity index (χ3v) is 3.44. The van der Waals surface area contributed by atoms with Crippen LogP contribution in [0.3, 0.4) is 0 Å². The lowest BCUT2D eigenvalue weighted by Crippen LogP contribution is -2.39. The summed E-state index contributed by atoms with van der Waals surface area (Å²) >= 11 is 0. The van der Waals surface area contributed by atoms with Crippen LogP contribution in [0.4, 0.5) is 5.69 Å². The molecule has 0 aliphatic heterocycles. The molecule has 2 rings (SSSR count). The van der Waals surface area contributed by atoms with Crippen molar-refractivity contribution in [3.63, 3.8) is 0 Å². The molecule has 0 saturated heterocycles. The van der Waals surface area contributed by atoms with Crippen molar-refractivity contribution in [2.75, 3.05) is 11.9 Å². The molecule has 0 aliphatic rings. The first-order valence-corrected chi connectivity index (χ1v) is 6.41. The maximum absolute atomic E-state index is 12.2. The van der Waals surface area contributed by atoms with Crippen LogP contribution in [0.5, 0.6) is 0 Å². The number of hydrogen-bond acceptors (Lipinski definition) is 5. The smallest absolute Gasteiger partial charge is 0.231 e. The highest BCUT2D eigenvalue weighted by Crippen LogP contribution is 2.21. The van der Waals surface area contributed by atoms with Crippen LogP contribution < -0.4 is 11.1 Å². The predicted octanol–water partition coefficient (Wildman–Crippen LogP) is 0.976. The highest BCUT2D eigenvalue weighted by Gasteiger charge is 2.29. The van der Waals surface area contributed by atoms with E-state index in [4.69, 9.17) is 5.73 Å². The van der Waals surface area contributed by atoms with Crippen LogP contribution in [0.25, 0.3) is 5.82 Å². The van der Waals surface area contributed by atoms with E-state index in [0.717, 1.165) is 0 Å². The molecule has 20 heavy (non-hydrogen) atoms. The van der Waals surface area contributed by atoms with Crippen LogP contribution in [0, 0.1) is 5.41 Å². The summed E-state index contributed by atoms with van der Waals surface area (Å²) in [5.74, 6) is 0.537. The monoisotopic (exact) mass is 274 g/mol. The molecule has 3 N–H and O–H groups in total. The average Bonchev–Trinajstić information content (AvgIpc) is 3.01. The van der Waals surface area contributed by atoms with Crippen LogP contribution in [0.2, 0.25) is 0 Å². The fourth-order valence-corrected chi connectivity index (χ4v) is 1.60. The zero-order valence-corrected chi connectivity index (χ0v) is 11.6. The SMILES string of the molecule is CCC(C)(CN)C(=O)Nc1ccc(-n2cncn2)nc1. The second-order valence-electron chi connectivity index (χ2n) is 4.82. The summed E-state index contributed by atoms with van der Waals surface area (Å²) in [4.78, 5) is 20.2. The minimum atomic E-state index is -0.565. The van der Waals surface area contributed by atoms with Crippen molar-refractivity contribution in [1.82, 2.24) is 19.7 Å². The summed E-state index contributed by atoms with van der Waals surface area (Å²) < 4.78 is 1.54. The lowest BCUT2D eigenvalue weighted by Gasteiger charge is -2.24. The Balaban J connectivity index is 2.10. The van der Waals surface area contributed by atoms with Gasteiger partial charge in [-0.05, 0) is 25.5 Å². The number of nitrogens with two attached hydrogens (primary N) is 1. The van der Waals surface area contributed by atoms with Gasteiger partial charge >= 0.3 is 0 Å². The lowest BCUT2D eigenvalue weighted by atomic mass is 9.86. The minimum absolute atomic E-state index is 0.0993. The number of carbonyl (C=O) groups excluding carboxylic acids is 1. The number of nitrogens with zero attached hydrogens (tertiary/aromatic N) is 4. The molecular formula is C13H18N6O. The molecule has 1 atom stereocenters. The molecule has 0 bridgehead atoms. The fourth-order valence-electron chi connectivity index (χ4n) is 1.60. The first-order valence-electron chi connectivity index (χ1n) is 6.41. The molecular weight excluding hydrogens is 256 g/mol. The number of carbonyl (C=O) groups is 1. The van der Waals surface area contributed by atoms with E-state index in [1.807, 2.05) is 13.8 Å². The van der Waals surface area contributed by atoms with Crippen LogP contribution in [0.1, 0.15) is 20.3 Å². The number of rotatable bonds is 5. The molecule has 2 aromatic rings. The molecule has 0 spiro atoms. The summed E-state index contributed by atoms with van der Waals surface area (Å²) in [6.07, 6.45) is 5.26. The molecule has 0 aromatic carbocycles. The number of aromatic nitrogens is 4. The highest BCUT2D eigenvalue weighted by atomic mass is 16.2. The molecule has 106 valence electrons. The number of anilines is 1. The Bertz CT molecular complexity index is 559. The van der Waals surface area contributed by atoms with E-state index >= 15 is 0 Å². The first kappa shape index (κ1) is 14.1. The van der Waals surface area contributed by atoms with Gasteiger partial charge in [-0.25, -0.2) is 14.6 Å². The third-order valence-electron chi connectivity index (χ3n) is 3.44. The second-order valence-corrected chi connectivity index (χ2v) is 4.82. The molecule has 0 saturated carbocycles. The van der Waals surface area contributed by atoms with E-state index < -0.39 is 5.41 Å². The number of nitrogens with one attached hydrogen (secondary N) is 1. The normalized spacial score (nSPS) is 13.8. The molecule has 1 amide bonds. The van der Waals surface area contributed by atoms with E-state index in [9.17, 15) is 4.79 Å². The van der Waals surface area contributed by atoms with Crippen molar-refractivity contribution < 1.29 is 4.79 Å². The average molecular weight is 274 g/mol. The minimum Gasteiger partial charge on any atom is -0.329 e. The van der Waals surface area contributed by atoms with Gasteiger partial charge in [-0.3, -0.25) is 4.79 Å². The van der Waals surface area contributed by atoms with E-state index in [0.29, 0.717) is 24.5 Å². The summed E-state index contributed by atoms with van der Waals surface area (Å²) in [5.41, 5.74) is 5.73. The quantitative estimate of drug-likeness (QED) is 0.846. The zero-order valence-electron chi connectivity index (χ0n) is 11.6. The largest absolute Gasteiger partial charge is 0.329 e. The third kappa shape index (κ3) is 2.83. The Hall–Kier alpha value is -2.28. The van der Waals surface area contributed by atoms with Crippen molar-refractivity contribution in [3.05, 3.63) is 31.0 Å². The van der Waals surface area contributed by atoms with Gasteiger partial charge < -0.3 is 11.1 Å². The molecule has 0 fully saturated rings. The second kappa shape index (κ2) is 5.79. The van der Waals surface area contributed by atoms with E-state index in [2.05, 4.69) is 20.4 Å². The van der Waals surface area contributed by atoms with Gasteiger partial charge in [0.15, 0.2) is 5.82 Å². The van der Waals surface area contributed by atoms with Crippen molar-refractivity contribution in [1.29, 1.82) is 0 Å². The summed E-state index contributed by atoms with van der Waals surface area (Å²) in [6.45, 7) is 4.10. The molecule has 1 unspecified atom stereocenters. The molecule has 0 aliphatic carbocycles. The van der Waals surface area contributed by atoms with Gasteiger partial charge in [-0.1, -0.05) is 6.92 Å². The van der Waals surface area contributed by atoms with Crippen molar-refractivity contribution in [2.45, 2.75) is 20.3 Å². The number of pyridine rings is 1. The molecule has 0 radical (unpaired) electrons. The van der Waals surface area contributed by atoms with Crippen LogP contribution in [0.15, 0.2) is 31.0 Å². The van der Waals surface area contributed by atoms with Gasteiger partial charge in [-0.15, -0.1) is 0 Å². The predicted molar refractivity (Wildman–Crippen MR) is 75.2 cm³/mol. The Morgan fingerprint density at radius 2 is 2.30 bits per heavy atom. The Kier molecular flexibility index (Phi) is 4.09. The Morgan fingerprint density at radius 1 is 1.50 bits per heavy atom. The van der Waals surface area contributed by atoms with Gasteiger partial charge in [0.2, 0.25) is 5.91 Å². The van der Waals surface area contributed by atoms with Crippen molar-refractivity contribution in [2.24, 2.45) is 11.1 Å². The summed E-state index contributed by atoms with van der Waals surface area (Å²) in [6, 6.07) is 3.53. The van der Waals surface area contributed by atoms with Crippen LogP contribution in [-0.2, 0) is 4.79 Å². The van der Waals surface area contributed by atoms with E-state index in [-0.39, 0.29) is 5.91 Å². The Labute approximate surface area is 117 Å². The fraction of sp³-hybridized carbons (Fsp3) is 0.385. The van der Waals surface area contributed by atoms with Crippen LogP contribution in [-0.4, -0.2) is 32.2 Å². The highest BCUT2D eigenvalue weighted by molar-refractivity contribution is 5.95. The van der Waals surface area contributed by atoms with Gasteiger partial charge in [-0.2, -0.15) is 5.10 Å². The first-order chi connectivity index (χ1) is 9.59. The Morgan fingerprint density at radius 3 is 2.80 bits per heavy atom. The molecule has 7 heteroatoms. The van der Waals surface area contributed by atoms with E-state index in [1.165, 1.54) is 6.33 Å². The molecule has 2 aromatic heterocycles. The van der Waals surface area contributed by atoms with Gasteiger partial charge in [0.05, 0.1) is 17.3 Å². The molecule has 2 heterocycles. The maximum Gasteiger partial charge on any atom is 0.231 e. The summed E-state index contributed by atoms with van der Waals surface area (Å²) in [7, 11) is 0. The van der Waals surface area contributed by atoms with Gasteiger partial charge in [0.1, 0.15) is 12.7 Å². The molecule has 7 nitrogen and oxygen atoms in total. The zero-order chi connectivity index (χ0) is 14.6. The summed E-state index contributed by atoms with van der Waals surface area (Å²) in [5, 5.41) is 6.81. The standard InChI is InChI=1S/C13H18N6O/c1-3-13(2,7-14)12(20)18-10-4-5-11(16-6-10)19-9-15-8-17-19/h4-6,8-9H,3,7,14H2,1-2H3,(H,18,20). The number of hydrogen-bond donors (Lipinski definition) is 2. The van der Waals surface area contributed by atoms with Gasteiger partial charge in [0.25, 0.3) is 0 Å².